The van der Waals surface area contributed by atoms with Gasteiger partial charge in [0.05, 0.1) is 24.4 Å². The molecule has 0 atom stereocenters. The molecule has 0 aromatic heterocycles. The van der Waals surface area contributed by atoms with E-state index in [4.69, 9.17) is 4.84 Å². The fourth-order valence-corrected chi connectivity index (χ4v) is 5.47. The summed E-state index contributed by atoms with van der Waals surface area (Å²) in [5, 5.41) is 7.88. The molecular weight excluding hydrogens is 504 g/mol. The predicted molar refractivity (Wildman–Crippen MR) is 157 cm³/mol. The molecule has 8 nitrogen and oxygen atoms in total. The molecule has 1 saturated heterocycles. The first-order valence-electron chi connectivity index (χ1n) is 13.5. The molecule has 2 heterocycles. The number of carbonyl (C=O) groups is 3. The summed E-state index contributed by atoms with van der Waals surface area (Å²) in [6, 6.07) is 18.8. The Morgan fingerprint density at radius 3 is 2.42 bits per heavy atom. The summed E-state index contributed by atoms with van der Waals surface area (Å²) < 4.78 is 0. The average Bonchev–Trinajstić information content (AvgIpc) is 3.27. The van der Waals surface area contributed by atoms with Gasteiger partial charge in [0.1, 0.15) is 6.29 Å². The molecule has 2 N–H and O–H groups in total. The van der Waals surface area contributed by atoms with Gasteiger partial charge in [-0.3, -0.25) is 19.2 Å². The van der Waals surface area contributed by atoms with E-state index < -0.39 is 0 Å². The Hall–Kier alpha value is -4.27. The molecule has 8 heteroatoms. The molecule has 3 aromatic carbocycles. The Morgan fingerprint density at radius 2 is 1.77 bits per heavy atom. The molecule has 206 valence electrons. The van der Waals surface area contributed by atoms with Crippen LogP contribution in [-0.4, -0.2) is 61.4 Å². The van der Waals surface area contributed by atoms with Crippen LogP contribution in [0, 0.1) is 13.8 Å². The van der Waals surface area contributed by atoms with E-state index >= 15 is 0 Å². The second kappa shape index (κ2) is 11.5. The van der Waals surface area contributed by atoms with Crippen molar-refractivity contribution in [1.82, 2.24) is 9.96 Å². The van der Waals surface area contributed by atoms with Gasteiger partial charge in [0.25, 0.3) is 11.8 Å². The smallest absolute Gasteiger partial charge is 0.277 e. The van der Waals surface area contributed by atoms with E-state index in [1.807, 2.05) is 62.4 Å². The lowest BCUT2D eigenvalue weighted by Crippen LogP contribution is -2.46. The molecule has 0 aliphatic carbocycles. The quantitative estimate of drug-likeness (QED) is 0.246. The Balaban J connectivity index is 1.50. The summed E-state index contributed by atoms with van der Waals surface area (Å²) in [5.41, 5.74) is 6.74. The SMILES string of the molecule is CON(C(=O)c1ccc(N/C(=C2\C(=O)Nc3cc(C=O)c(C)cc32)c2ccccc2)cc1C)C1CCN(C)CC1. The molecule has 2 aliphatic heterocycles. The lowest BCUT2D eigenvalue weighted by molar-refractivity contribution is -0.132. The fraction of sp³-hybridized carbons (Fsp3) is 0.281. The topological polar surface area (TPSA) is 91.0 Å². The van der Waals surface area contributed by atoms with Crippen LogP contribution < -0.4 is 10.6 Å². The van der Waals surface area contributed by atoms with Crippen LogP contribution in [0.4, 0.5) is 11.4 Å². The number of carbonyl (C=O) groups excluding carboxylic acids is 3. The van der Waals surface area contributed by atoms with E-state index in [1.54, 1.807) is 19.2 Å². The molecule has 2 amide bonds. The highest BCUT2D eigenvalue weighted by Crippen LogP contribution is 2.39. The van der Waals surface area contributed by atoms with Gasteiger partial charge >= 0.3 is 0 Å². The Labute approximate surface area is 234 Å². The molecule has 0 saturated carbocycles. The van der Waals surface area contributed by atoms with Crippen molar-refractivity contribution >= 4 is 40.7 Å². The number of benzene rings is 3. The zero-order chi connectivity index (χ0) is 28.4. The molecule has 3 aromatic rings. The van der Waals surface area contributed by atoms with E-state index in [2.05, 4.69) is 22.6 Å². The van der Waals surface area contributed by atoms with Crippen LogP contribution in [0.1, 0.15) is 55.8 Å². The number of anilines is 2. The van der Waals surface area contributed by atoms with Gasteiger partial charge in [0.2, 0.25) is 0 Å². The van der Waals surface area contributed by atoms with Crippen molar-refractivity contribution in [3.8, 4) is 0 Å². The highest BCUT2D eigenvalue weighted by atomic mass is 16.7. The van der Waals surface area contributed by atoms with Crippen molar-refractivity contribution in [2.24, 2.45) is 0 Å². The summed E-state index contributed by atoms with van der Waals surface area (Å²) >= 11 is 0. The lowest BCUT2D eigenvalue weighted by atomic mass is 9.96. The zero-order valence-electron chi connectivity index (χ0n) is 23.3. The monoisotopic (exact) mass is 538 g/mol. The minimum atomic E-state index is -0.249. The summed E-state index contributed by atoms with van der Waals surface area (Å²) in [4.78, 5) is 46.1. The third kappa shape index (κ3) is 5.28. The van der Waals surface area contributed by atoms with E-state index in [0.29, 0.717) is 28.1 Å². The third-order valence-electron chi connectivity index (χ3n) is 7.73. The lowest BCUT2D eigenvalue weighted by Gasteiger charge is -2.35. The fourth-order valence-electron chi connectivity index (χ4n) is 5.47. The average molecular weight is 539 g/mol. The van der Waals surface area contributed by atoms with Gasteiger partial charge < -0.3 is 15.5 Å². The maximum absolute atomic E-state index is 13.5. The van der Waals surface area contributed by atoms with Crippen molar-refractivity contribution in [1.29, 1.82) is 0 Å². The number of likely N-dealkylation sites (tertiary alicyclic amines) is 1. The second-order valence-electron chi connectivity index (χ2n) is 10.4. The Morgan fingerprint density at radius 1 is 1.05 bits per heavy atom. The summed E-state index contributed by atoms with van der Waals surface area (Å²) in [7, 11) is 3.63. The number of nitrogens with zero attached hydrogens (tertiary/aromatic N) is 2. The summed E-state index contributed by atoms with van der Waals surface area (Å²) in [6.07, 6.45) is 2.52. The van der Waals surface area contributed by atoms with Crippen molar-refractivity contribution < 1.29 is 19.2 Å². The first-order valence-corrected chi connectivity index (χ1v) is 13.5. The summed E-state index contributed by atoms with van der Waals surface area (Å²) in [6.45, 7) is 5.60. The second-order valence-corrected chi connectivity index (χ2v) is 10.4. The highest BCUT2D eigenvalue weighted by Gasteiger charge is 2.31. The van der Waals surface area contributed by atoms with Gasteiger partial charge in [-0.1, -0.05) is 30.3 Å². The van der Waals surface area contributed by atoms with Crippen molar-refractivity contribution in [3.63, 3.8) is 0 Å². The Kier molecular flexibility index (Phi) is 7.82. The maximum atomic E-state index is 13.5. The molecule has 2 aliphatic rings. The van der Waals surface area contributed by atoms with Gasteiger partial charge in [0, 0.05) is 28.1 Å². The zero-order valence-corrected chi connectivity index (χ0v) is 23.3. The van der Waals surface area contributed by atoms with Gasteiger partial charge in [-0.15, -0.1) is 0 Å². The van der Waals surface area contributed by atoms with Crippen LogP contribution in [0.25, 0.3) is 11.3 Å². The minimum absolute atomic E-state index is 0.0319. The first kappa shape index (κ1) is 27.3. The van der Waals surface area contributed by atoms with E-state index in [9.17, 15) is 14.4 Å². The molecule has 0 spiro atoms. The number of hydrogen-bond acceptors (Lipinski definition) is 6. The molecule has 0 bridgehead atoms. The minimum Gasteiger partial charge on any atom is -0.354 e. The van der Waals surface area contributed by atoms with Crippen LogP contribution in [0.5, 0.6) is 0 Å². The highest BCUT2D eigenvalue weighted by molar-refractivity contribution is 6.37. The number of hydrogen-bond donors (Lipinski definition) is 2. The van der Waals surface area contributed by atoms with Gasteiger partial charge in [-0.2, -0.15) is 0 Å². The molecular formula is C32H34N4O4. The predicted octanol–water partition coefficient (Wildman–Crippen LogP) is 5.15. The first-order chi connectivity index (χ1) is 19.3. The number of rotatable bonds is 7. The van der Waals surface area contributed by atoms with Gasteiger partial charge in [-0.25, -0.2) is 5.06 Å². The standard InChI is InChI=1S/C32H34N4O4/c1-20-17-27-28(18-23(20)19-37)34-31(38)29(27)30(22-8-6-5-7-9-22)33-24-10-11-26(21(2)16-24)32(39)36(40-4)25-12-14-35(3)15-13-25/h5-11,16-19,25,33H,12-15H2,1-4H3,(H,34,38)/b30-29-. The van der Waals surface area contributed by atoms with E-state index in [1.165, 1.54) is 5.06 Å². The molecule has 5 rings (SSSR count). The van der Waals surface area contributed by atoms with Crippen molar-refractivity contribution in [2.45, 2.75) is 32.7 Å². The van der Waals surface area contributed by atoms with Crippen molar-refractivity contribution in [3.05, 3.63) is 94.0 Å². The number of aldehydes is 1. The van der Waals surface area contributed by atoms with E-state index in [0.717, 1.165) is 60.2 Å². The van der Waals surface area contributed by atoms with Crippen LogP contribution in [0.3, 0.4) is 0 Å². The van der Waals surface area contributed by atoms with Crippen LogP contribution >= 0.6 is 0 Å². The normalized spacial score (nSPS) is 16.8. The van der Waals surface area contributed by atoms with Crippen LogP contribution in [0.15, 0.2) is 60.7 Å². The Bertz CT molecular complexity index is 1490. The van der Waals surface area contributed by atoms with Crippen molar-refractivity contribution in [2.75, 3.05) is 37.9 Å². The summed E-state index contributed by atoms with van der Waals surface area (Å²) in [5.74, 6) is -0.408. The van der Waals surface area contributed by atoms with Crippen LogP contribution in [0.2, 0.25) is 0 Å². The number of aryl methyl sites for hydroxylation is 2. The number of piperidine rings is 1. The van der Waals surface area contributed by atoms with Gasteiger partial charge in [0.15, 0.2) is 0 Å². The number of fused-ring (bicyclic) bond motifs is 1. The molecule has 40 heavy (non-hydrogen) atoms. The molecule has 1 fully saturated rings. The number of amides is 2. The largest absolute Gasteiger partial charge is 0.354 e. The number of hydroxylamine groups is 2. The van der Waals surface area contributed by atoms with Gasteiger partial charge in [-0.05, 0) is 93.8 Å². The number of nitrogens with one attached hydrogen (secondary N) is 2. The maximum Gasteiger partial charge on any atom is 0.277 e. The van der Waals surface area contributed by atoms with E-state index in [-0.39, 0.29) is 17.9 Å². The molecule has 0 unspecified atom stereocenters. The molecule has 0 radical (unpaired) electrons. The van der Waals surface area contributed by atoms with Crippen LogP contribution in [-0.2, 0) is 9.63 Å². The third-order valence-corrected chi connectivity index (χ3v) is 7.73.